The van der Waals surface area contributed by atoms with Gasteiger partial charge in [0.15, 0.2) is 0 Å². The maximum Gasteiger partial charge on any atom is 0.523 e. The number of hydrogen-bond donors (Lipinski definition) is 0. The van der Waals surface area contributed by atoms with Crippen molar-refractivity contribution in [1.29, 1.82) is 0 Å². The zero-order valence-electron chi connectivity index (χ0n) is 15.1. The van der Waals surface area contributed by atoms with Gasteiger partial charge in [0.25, 0.3) is 0 Å². The number of unbranched alkanes of at least 4 members (excludes halogenated alkanes) is 10. The van der Waals surface area contributed by atoms with Crippen LogP contribution >= 0.6 is 0 Å². The van der Waals surface area contributed by atoms with Gasteiger partial charge in [-0.1, -0.05) is 69.9 Å². The molecule has 0 spiro atoms. The quantitative estimate of drug-likeness (QED) is 0.303. The Labute approximate surface area is 141 Å². The molecule has 0 bridgehead atoms. The summed E-state index contributed by atoms with van der Waals surface area (Å²) >= 11 is 0. The van der Waals surface area contributed by atoms with E-state index in [4.69, 9.17) is 0 Å². The molecule has 0 aliphatic carbocycles. The molecule has 1 aliphatic rings. The molecule has 1 rings (SSSR count). The highest BCUT2D eigenvalue weighted by molar-refractivity contribution is 5.92. The van der Waals surface area contributed by atoms with Crippen LogP contribution in [-0.4, -0.2) is 34.7 Å². The fourth-order valence-electron chi connectivity index (χ4n) is 2.85. The molecule has 1 aliphatic heterocycles. The molecule has 4 amide bonds. The summed E-state index contributed by atoms with van der Waals surface area (Å²) in [4.78, 5) is 25.3. The molecule has 0 atom stereocenters. The third kappa shape index (κ3) is 7.71. The Morgan fingerprint density at radius 1 is 0.783 bits per heavy atom. The molecule has 0 unspecified atom stereocenters. The van der Waals surface area contributed by atoms with E-state index in [1.54, 1.807) is 0 Å². The van der Waals surface area contributed by atoms with Gasteiger partial charge in [-0.15, -0.1) is 4.90 Å². The summed E-state index contributed by atoms with van der Waals surface area (Å²) in [6, 6.07) is -0.605. The average Bonchev–Trinajstić information content (AvgIpc) is 2.81. The highest BCUT2D eigenvalue weighted by atomic mass is 16.2. The van der Waals surface area contributed by atoms with Crippen LogP contribution in [0.3, 0.4) is 0 Å². The van der Waals surface area contributed by atoms with Crippen LogP contribution in [0.4, 0.5) is 9.59 Å². The van der Waals surface area contributed by atoms with Gasteiger partial charge in [-0.3, -0.25) is 0 Å². The number of urea groups is 2. The zero-order valence-corrected chi connectivity index (χ0v) is 15.1. The van der Waals surface area contributed by atoms with Crippen LogP contribution in [-0.2, 0) is 0 Å². The van der Waals surface area contributed by atoms with E-state index in [1.165, 1.54) is 61.0 Å². The standard InChI is InChI=1S/C18H34N3O2/c1-3-5-7-9-11-13-15-20-17(22)19-21(18(20)23)16-14-12-10-8-6-4-2/h3-16H2,1-2H3/q+1. The molecule has 0 saturated heterocycles. The van der Waals surface area contributed by atoms with Gasteiger partial charge in [0.2, 0.25) is 0 Å². The summed E-state index contributed by atoms with van der Waals surface area (Å²) < 4.78 is 1.36. The van der Waals surface area contributed by atoms with Crippen LogP contribution in [0.5, 0.6) is 0 Å². The Morgan fingerprint density at radius 2 is 1.30 bits per heavy atom. The van der Waals surface area contributed by atoms with E-state index in [0.717, 1.165) is 25.7 Å². The highest BCUT2D eigenvalue weighted by Gasteiger charge is 2.41. The third-order valence-corrected chi connectivity index (χ3v) is 4.35. The molecule has 0 fully saturated rings. The van der Waals surface area contributed by atoms with Crippen LogP contribution in [0.2, 0.25) is 0 Å². The van der Waals surface area contributed by atoms with Gasteiger partial charge in [-0.05, 0) is 25.7 Å². The van der Waals surface area contributed by atoms with E-state index in [1.807, 2.05) is 0 Å². The number of nitrogens with zero attached hydrogens (tertiary/aromatic N) is 3. The van der Waals surface area contributed by atoms with Gasteiger partial charge in [0.05, 0.1) is 6.54 Å². The van der Waals surface area contributed by atoms with E-state index >= 15 is 0 Å². The predicted molar refractivity (Wildman–Crippen MR) is 91.8 cm³/mol. The van der Waals surface area contributed by atoms with E-state index in [2.05, 4.69) is 19.0 Å². The van der Waals surface area contributed by atoms with Crippen LogP contribution in [0.25, 0.3) is 0 Å². The maximum absolute atomic E-state index is 12.2. The van der Waals surface area contributed by atoms with E-state index in [-0.39, 0.29) is 12.1 Å². The first kappa shape index (κ1) is 19.8. The number of imide groups is 1. The van der Waals surface area contributed by atoms with Crippen LogP contribution in [0.1, 0.15) is 90.9 Å². The largest absolute Gasteiger partial charge is 0.523 e. The summed E-state index contributed by atoms with van der Waals surface area (Å²) in [6.45, 7) is 5.48. The first-order valence-corrected chi connectivity index (χ1v) is 9.55. The monoisotopic (exact) mass is 324 g/mol. The van der Waals surface area contributed by atoms with Gasteiger partial charge in [-0.25, -0.2) is 4.79 Å². The van der Waals surface area contributed by atoms with Crippen molar-refractivity contribution >= 4 is 12.1 Å². The molecule has 0 saturated carbocycles. The van der Waals surface area contributed by atoms with Gasteiger partial charge >= 0.3 is 12.1 Å². The van der Waals surface area contributed by atoms with Crippen molar-refractivity contribution in [3.63, 3.8) is 0 Å². The molecule has 0 radical (unpaired) electrons. The van der Waals surface area contributed by atoms with Crippen molar-refractivity contribution in [2.45, 2.75) is 90.9 Å². The highest BCUT2D eigenvalue weighted by Crippen LogP contribution is 2.13. The van der Waals surface area contributed by atoms with Crippen LogP contribution < -0.4 is 0 Å². The van der Waals surface area contributed by atoms with Gasteiger partial charge in [0, 0.05) is 5.11 Å². The summed E-state index contributed by atoms with van der Waals surface area (Å²) in [7, 11) is 0. The third-order valence-electron chi connectivity index (χ3n) is 4.35. The Kier molecular flexibility index (Phi) is 10.5. The number of carbonyl (C=O) groups is 2. The minimum Gasteiger partial charge on any atom is -0.214 e. The summed E-state index contributed by atoms with van der Waals surface area (Å²) in [6.07, 6.45) is 13.9. The Bertz CT molecular complexity index is 394. The molecule has 0 aromatic heterocycles. The second kappa shape index (κ2) is 12.2. The van der Waals surface area contributed by atoms with Crippen molar-refractivity contribution in [3.05, 3.63) is 0 Å². The maximum atomic E-state index is 12.2. The summed E-state index contributed by atoms with van der Waals surface area (Å²) in [5.41, 5.74) is 0. The SMILES string of the molecule is CCCCCCCCN1C(=O)N=[N+](CCCCCCCC)C1=O. The van der Waals surface area contributed by atoms with Crippen LogP contribution in [0, 0.1) is 0 Å². The minimum absolute atomic E-state index is 0.225. The van der Waals surface area contributed by atoms with Crippen molar-refractivity contribution in [2.75, 3.05) is 13.1 Å². The Hall–Kier alpha value is -1.26. The summed E-state index contributed by atoms with van der Waals surface area (Å²) in [5.74, 6) is 0. The number of carbonyl (C=O) groups excluding carboxylic acids is 2. The second-order valence-corrected chi connectivity index (χ2v) is 6.48. The smallest absolute Gasteiger partial charge is 0.214 e. The molecular formula is C18H34N3O2+. The molecule has 1 heterocycles. The molecule has 5 nitrogen and oxygen atoms in total. The van der Waals surface area contributed by atoms with Crippen molar-refractivity contribution < 1.29 is 14.3 Å². The van der Waals surface area contributed by atoms with Gasteiger partial charge in [-0.2, -0.15) is 4.79 Å². The molecule has 0 N–H and O–H groups in total. The lowest BCUT2D eigenvalue weighted by molar-refractivity contribution is -0.490. The van der Waals surface area contributed by atoms with E-state index in [9.17, 15) is 9.59 Å². The zero-order chi connectivity index (χ0) is 16.9. The molecule has 132 valence electrons. The Balaban J connectivity index is 2.17. The molecular weight excluding hydrogens is 290 g/mol. The normalized spacial score (nSPS) is 14.7. The lowest BCUT2D eigenvalue weighted by Gasteiger charge is -2.04. The predicted octanol–water partition coefficient (Wildman–Crippen LogP) is 5.73. The van der Waals surface area contributed by atoms with E-state index < -0.39 is 0 Å². The lowest BCUT2D eigenvalue weighted by atomic mass is 10.1. The first-order valence-electron chi connectivity index (χ1n) is 9.55. The van der Waals surface area contributed by atoms with E-state index in [0.29, 0.717) is 13.1 Å². The van der Waals surface area contributed by atoms with Crippen molar-refractivity contribution in [2.24, 2.45) is 5.11 Å². The fraction of sp³-hybridized carbons (Fsp3) is 0.889. The van der Waals surface area contributed by atoms with Gasteiger partial charge in [0.1, 0.15) is 6.54 Å². The topological polar surface area (TPSA) is 52.8 Å². The molecule has 0 aromatic rings. The number of hydrogen-bond acceptors (Lipinski definition) is 2. The minimum atomic E-state index is -0.380. The number of azo groups is 2. The second-order valence-electron chi connectivity index (χ2n) is 6.48. The number of rotatable bonds is 14. The first-order chi connectivity index (χ1) is 11.2. The Morgan fingerprint density at radius 3 is 1.91 bits per heavy atom. The average molecular weight is 324 g/mol. The summed E-state index contributed by atoms with van der Waals surface area (Å²) in [5, 5.41) is 3.88. The number of amides is 4. The molecule has 23 heavy (non-hydrogen) atoms. The van der Waals surface area contributed by atoms with Gasteiger partial charge < -0.3 is 0 Å². The lowest BCUT2D eigenvalue weighted by Crippen LogP contribution is -2.33. The van der Waals surface area contributed by atoms with Crippen molar-refractivity contribution in [3.8, 4) is 0 Å². The van der Waals surface area contributed by atoms with Crippen molar-refractivity contribution in [1.82, 2.24) is 4.90 Å². The molecule has 5 heteroatoms. The van der Waals surface area contributed by atoms with Crippen LogP contribution in [0.15, 0.2) is 5.11 Å². The molecule has 0 aromatic carbocycles. The fourth-order valence-corrected chi connectivity index (χ4v) is 2.85.